The van der Waals surface area contributed by atoms with Crippen LogP contribution in [0.2, 0.25) is 8.67 Å². The van der Waals surface area contributed by atoms with Gasteiger partial charge in [0.25, 0.3) is 0 Å². The molecule has 1 aromatic rings. The van der Waals surface area contributed by atoms with Crippen LogP contribution in [0.25, 0.3) is 0 Å². The van der Waals surface area contributed by atoms with Crippen LogP contribution in [-0.2, 0) is 0 Å². The van der Waals surface area contributed by atoms with E-state index in [0.29, 0.717) is 5.54 Å². The van der Waals surface area contributed by atoms with Crippen molar-refractivity contribution in [1.29, 1.82) is 0 Å². The zero-order valence-electron chi connectivity index (χ0n) is 8.94. The summed E-state index contributed by atoms with van der Waals surface area (Å²) < 4.78 is 1.57. The average molecular weight is 264 g/mol. The minimum Gasteiger partial charge on any atom is -0.305 e. The minimum absolute atomic E-state index is 0.284. The van der Waals surface area contributed by atoms with Crippen LogP contribution in [0.1, 0.15) is 44.7 Å². The van der Waals surface area contributed by atoms with Crippen molar-refractivity contribution in [3.63, 3.8) is 0 Å². The lowest BCUT2D eigenvalue weighted by molar-refractivity contribution is 0.190. The van der Waals surface area contributed by atoms with Crippen molar-refractivity contribution in [1.82, 2.24) is 5.32 Å². The van der Waals surface area contributed by atoms with Crippen molar-refractivity contribution < 1.29 is 0 Å². The molecule has 0 saturated heterocycles. The first kappa shape index (κ1) is 11.7. The van der Waals surface area contributed by atoms with Crippen LogP contribution in [0, 0.1) is 0 Å². The Balaban J connectivity index is 2.07. The fourth-order valence-electron chi connectivity index (χ4n) is 2.10. The maximum absolute atomic E-state index is 6.12. The number of hydrogen-bond acceptors (Lipinski definition) is 2. The predicted molar refractivity (Wildman–Crippen MR) is 68.1 cm³/mol. The van der Waals surface area contributed by atoms with E-state index in [1.807, 2.05) is 6.07 Å². The Morgan fingerprint density at radius 2 is 2.13 bits per heavy atom. The number of thiophene rings is 1. The summed E-state index contributed by atoms with van der Waals surface area (Å²) in [7, 11) is 0. The van der Waals surface area contributed by atoms with E-state index in [9.17, 15) is 0 Å². The van der Waals surface area contributed by atoms with E-state index < -0.39 is 0 Å². The van der Waals surface area contributed by atoms with E-state index in [0.717, 1.165) is 14.2 Å². The number of rotatable bonds is 3. The Bertz CT molecular complexity index is 357. The van der Waals surface area contributed by atoms with Gasteiger partial charge in [0.05, 0.1) is 8.67 Å². The molecule has 1 aromatic heterocycles. The molecule has 1 N–H and O–H groups in total. The molecule has 84 valence electrons. The quantitative estimate of drug-likeness (QED) is 0.838. The lowest BCUT2D eigenvalue weighted by atomic mass is 9.78. The highest BCUT2D eigenvalue weighted by molar-refractivity contribution is 7.20. The van der Waals surface area contributed by atoms with Gasteiger partial charge >= 0.3 is 0 Å². The van der Waals surface area contributed by atoms with Crippen molar-refractivity contribution in [2.45, 2.75) is 44.7 Å². The highest BCUT2D eigenvalue weighted by Crippen LogP contribution is 2.38. The van der Waals surface area contributed by atoms with Gasteiger partial charge in [-0.05, 0) is 44.7 Å². The fourth-order valence-corrected chi connectivity index (χ4v) is 3.75. The maximum atomic E-state index is 6.12. The van der Waals surface area contributed by atoms with Gasteiger partial charge in [-0.3, -0.25) is 0 Å². The van der Waals surface area contributed by atoms with E-state index in [1.54, 1.807) is 0 Å². The lowest BCUT2D eigenvalue weighted by Gasteiger charge is -2.41. The van der Waals surface area contributed by atoms with Gasteiger partial charge in [-0.1, -0.05) is 23.2 Å². The molecular weight excluding hydrogens is 249 g/mol. The molecule has 4 heteroatoms. The van der Waals surface area contributed by atoms with Crippen molar-refractivity contribution in [2.75, 3.05) is 0 Å². The Morgan fingerprint density at radius 1 is 1.47 bits per heavy atom. The minimum atomic E-state index is 0.284. The average Bonchev–Trinajstić information content (AvgIpc) is 2.42. The van der Waals surface area contributed by atoms with Crippen LogP contribution in [0.5, 0.6) is 0 Å². The van der Waals surface area contributed by atoms with Crippen molar-refractivity contribution >= 4 is 34.5 Å². The van der Waals surface area contributed by atoms with E-state index in [-0.39, 0.29) is 6.04 Å². The monoisotopic (exact) mass is 263 g/mol. The van der Waals surface area contributed by atoms with Gasteiger partial charge in [0, 0.05) is 11.6 Å². The largest absolute Gasteiger partial charge is 0.305 e. The van der Waals surface area contributed by atoms with Crippen LogP contribution >= 0.6 is 34.5 Å². The molecule has 0 spiro atoms. The van der Waals surface area contributed by atoms with Crippen LogP contribution in [0.3, 0.4) is 0 Å². The second-order valence-corrected chi connectivity index (χ2v) is 6.85. The first-order chi connectivity index (χ1) is 7.00. The normalized spacial score (nSPS) is 21.1. The summed E-state index contributed by atoms with van der Waals surface area (Å²) in [5.41, 5.74) is 1.43. The van der Waals surface area contributed by atoms with Crippen LogP contribution in [0.15, 0.2) is 6.07 Å². The van der Waals surface area contributed by atoms with Gasteiger partial charge in [0.2, 0.25) is 0 Å². The molecule has 1 fully saturated rings. The summed E-state index contributed by atoms with van der Waals surface area (Å²) >= 11 is 13.5. The fraction of sp³-hybridized carbons (Fsp3) is 0.636. The highest BCUT2D eigenvalue weighted by Gasteiger charge is 2.33. The first-order valence-electron chi connectivity index (χ1n) is 5.23. The highest BCUT2D eigenvalue weighted by atomic mass is 35.5. The molecule has 0 bridgehead atoms. The third kappa shape index (κ3) is 2.50. The topological polar surface area (TPSA) is 12.0 Å². The van der Waals surface area contributed by atoms with Crippen LogP contribution < -0.4 is 5.32 Å². The van der Waals surface area contributed by atoms with Crippen LogP contribution in [0.4, 0.5) is 0 Å². The summed E-state index contributed by atoms with van der Waals surface area (Å²) in [5.74, 6) is 0. The van der Waals surface area contributed by atoms with Crippen molar-refractivity contribution in [2.24, 2.45) is 0 Å². The molecule has 0 radical (unpaired) electrons. The third-order valence-corrected chi connectivity index (χ3v) is 4.69. The number of hydrogen-bond donors (Lipinski definition) is 1. The molecule has 1 nitrogen and oxygen atoms in total. The molecule has 1 heterocycles. The molecule has 1 atom stereocenters. The van der Waals surface area contributed by atoms with Crippen molar-refractivity contribution in [3.8, 4) is 0 Å². The van der Waals surface area contributed by atoms with Gasteiger partial charge in [-0.25, -0.2) is 0 Å². The van der Waals surface area contributed by atoms with Crippen molar-refractivity contribution in [3.05, 3.63) is 20.3 Å². The van der Waals surface area contributed by atoms with Gasteiger partial charge in [-0.15, -0.1) is 11.3 Å². The molecule has 1 aliphatic rings. The van der Waals surface area contributed by atoms with Gasteiger partial charge < -0.3 is 5.32 Å². The lowest BCUT2D eigenvalue weighted by Crippen LogP contribution is -2.49. The molecule has 0 amide bonds. The molecular formula is C11H15Cl2NS. The van der Waals surface area contributed by atoms with Crippen LogP contribution in [-0.4, -0.2) is 5.54 Å². The molecule has 1 aliphatic carbocycles. The SMILES string of the molecule is CC(NC1(C)CCC1)c1cc(Cl)sc1Cl. The maximum Gasteiger partial charge on any atom is 0.0991 e. The number of nitrogens with one attached hydrogen (secondary N) is 1. The summed E-state index contributed by atoms with van der Waals surface area (Å²) in [5, 5.41) is 3.63. The second-order valence-electron chi connectivity index (χ2n) is 4.56. The Hall–Kier alpha value is 0.240. The standard InChI is InChI=1S/C11H15Cl2NS/c1-7(14-11(2)4-3-5-11)8-6-9(12)15-10(8)13/h6-7,14H,3-5H2,1-2H3. The molecule has 1 saturated carbocycles. The number of halogens is 2. The smallest absolute Gasteiger partial charge is 0.0991 e. The molecule has 0 aliphatic heterocycles. The summed E-state index contributed by atoms with van der Waals surface area (Å²) in [6.45, 7) is 4.42. The predicted octanol–water partition coefficient (Wildman–Crippen LogP) is 4.65. The summed E-state index contributed by atoms with van der Waals surface area (Å²) in [4.78, 5) is 0. The van der Waals surface area contributed by atoms with Gasteiger partial charge in [0.1, 0.15) is 0 Å². The third-order valence-electron chi connectivity index (χ3n) is 3.17. The van der Waals surface area contributed by atoms with E-state index in [4.69, 9.17) is 23.2 Å². The molecule has 1 unspecified atom stereocenters. The Kier molecular flexibility index (Phi) is 3.32. The Morgan fingerprint density at radius 3 is 2.53 bits per heavy atom. The molecule has 0 aromatic carbocycles. The summed E-state index contributed by atoms with van der Waals surface area (Å²) in [6.07, 6.45) is 3.84. The van der Waals surface area contributed by atoms with Gasteiger partial charge in [-0.2, -0.15) is 0 Å². The zero-order chi connectivity index (χ0) is 11.1. The molecule has 2 rings (SSSR count). The van der Waals surface area contributed by atoms with E-state index in [1.165, 1.54) is 30.6 Å². The molecule has 15 heavy (non-hydrogen) atoms. The second kappa shape index (κ2) is 4.25. The van der Waals surface area contributed by atoms with E-state index in [2.05, 4.69) is 19.2 Å². The summed E-state index contributed by atoms with van der Waals surface area (Å²) in [6, 6.07) is 2.25. The first-order valence-corrected chi connectivity index (χ1v) is 6.80. The zero-order valence-corrected chi connectivity index (χ0v) is 11.3. The van der Waals surface area contributed by atoms with E-state index >= 15 is 0 Å². The Labute approximate surface area is 105 Å². The van der Waals surface area contributed by atoms with Gasteiger partial charge in [0.15, 0.2) is 0 Å².